The molecule has 1 aromatic heterocycles. The third kappa shape index (κ3) is 5.15. The van der Waals surface area contributed by atoms with E-state index in [2.05, 4.69) is 10.3 Å². The number of ether oxygens (including phenoxy) is 1. The molecule has 2 aromatic rings. The minimum Gasteiger partial charge on any atom is -0.364 e. The summed E-state index contributed by atoms with van der Waals surface area (Å²) in [4.78, 5) is 17.8. The lowest BCUT2D eigenvalue weighted by Gasteiger charge is -2.11. The van der Waals surface area contributed by atoms with Gasteiger partial charge in [0.1, 0.15) is 6.10 Å². The van der Waals surface area contributed by atoms with Crippen molar-refractivity contribution in [2.24, 2.45) is 5.73 Å². The van der Waals surface area contributed by atoms with Crippen LogP contribution < -0.4 is 11.1 Å². The highest BCUT2D eigenvalue weighted by atomic mass is 35.5. The molecule has 0 radical (unpaired) electrons. The molecule has 1 fully saturated rings. The first kappa shape index (κ1) is 20.1. The van der Waals surface area contributed by atoms with Gasteiger partial charge in [-0.2, -0.15) is 0 Å². The number of anilines is 1. The zero-order valence-corrected chi connectivity index (χ0v) is 16.2. The quantitative estimate of drug-likeness (QED) is 0.802. The zero-order chi connectivity index (χ0) is 17.1. The predicted molar refractivity (Wildman–Crippen MR) is 104 cm³/mol. The van der Waals surface area contributed by atoms with Gasteiger partial charge in [-0.25, -0.2) is 4.98 Å². The van der Waals surface area contributed by atoms with Crippen molar-refractivity contribution in [3.63, 3.8) is 0 Å². The standard InChI is InChI=1S/C17H20ClN3O2S.ClH/c1-10-15(8-11-3-2-4-12(18)7-11)24-17(20-10)21-16(22)14-6-5-13(9-19)23-14;/h2-4,7,13-14H,5-6,8-9,19H2,1H3,(H,20,21,22);1H/t13-,14+;/m1./s1. The maximum Gasteiger partial charge on any atom is 0.255 e. The van der Waals surface area contributed by atoms with E-state index >= 15 is 0 Å². The fourth-order valence-electron chi connectivity index (χ4n) is 2.74. The third-order valence-electron chi connectivity index (χ3n) is 4.04. The lowest BCUT2D eigenvalue weighted by Crippen LogP contribution is -2.29. The van der Waals surface area contributed by atoms with Crippen molar-refractivity contribution in [1.29, 1.82) is 0 Å². The number of halogens is 2. The second kappa shape index (κ2) is 8.96. The van der Waals surface area contributed by atoms with Gasteiger partial charge < -0.3 is 10.5 Å². The van der Waals surface area contributed by atoms with Crippen LogP contribution in [0.15, 0.2) is 24.3 Å². The minimum atomic E-state index is -0.431. The molecule has 0 saturated carbocycles. The van der Waals surface area contributed by atoms with Gasteiger partial charge in [0.2, 0.25) is 0 Å². The van der Waals surface area contributed by atoms with Crippen molar-refractivity contribution in [2.75, 3.05) is 11.9 Å². The molecule has 1 amide bonds. The van der Waals surface area contributed by atoms with Crippen molar-refractivity contribution in [3.05, 3.63) is 45.4 Å². The second-order valence-corrected chi connectivity index (χ2v) is 7.40. The van der Waals surface area contributed by atoms with Gasteiger partial charge in [0, 0.05) is 22.9 Å². The van der Waals surface area contributed by atoms with Crippen LogP contribution in [0.1, 0.15) is 29.0 Å². The number of aryl methyl sites for hydroxylation is 1. The van der Waals surface area contributed by atoms with E-state index in [1.807, 2.05) is 31.2 Å². The summed E-state index contributed by atoms with van der Waals surface area (Å²) in [6.07, 6.45) is 1.82. The summed E-state index contributed by atoms with van der Waals surface area (Å²) in [5, 5.41) is 4.19. The highest BCUT2D eigenvalue weighted by Crippen LogP contribution is 2.27. The Morgan fingerprint density at radius 3 is 2.96 bits per heavy atom. The van der Waals surface area contributed by atoms with Crippen molar-refractivity contribution in [3.8, 4) is 0 Å². The van der Waals surface area contributed by atoms with Crippen LogP contribution in [0.5, 0.6) is 0 Å². The fourth-order valence-corrected chi connectivity index (χ4v) is 3.95. The van der Waals surface area contributed by atoms with Crippen LogP contribution in [-0.2, 0) is 16.0 Å². The van der Waals surface area contributed by atoms with Crippen molar-refractivity contribution in [2.45, 2.75) is 38.4 Å². The van der Waals surface area contributed by atoms with E-state index in [-0.39, 0.29) is 24.4 Å². The number of hydrogen-bond donors (Lipinski definition) is 2. The highest BCUT2D eigenvalue weighted by molar-refractivity contribution is 7.15. The van der Waals surface area contributed by atoms with Crippen molar-refractivity contribution >= 4 is 46.4 Å². The van der Waals surface area contributed by atoms with Crippen LogP contribution in [0, 0.1) is 6.92 Å². The smallest absolute Gasteiger partial charge is 0.255 e. The number of nitrogens with two attached hydrogens (primary N) is 1. The van der Waals surface area contributed by atoms with E-state index in [1.165, 1.54) is 11.3 Å². The number of nitrogens with zero attached hydrogens (tertiary/aromatic N) is 1. The maximum absolute atomic E-state index is 12.3. The molecule has 2 atom stereocenters. The molecule has 5 nitrogen and oxygen atoms in total. The van der Waals surface area contributed by atoms with Gasteiger partial charge in [0.25, 0.3) is 5.91 Å². The lowest BCUT2D eigenvalue weighted by molar-refractivity contribution is -0.126. The average molecular weight is 402 g/mol. The van der Waals surface area contributed by atoms with Crippen LogP contribution >= 0.6 is 35.3 Å². The molecule has 0 aliphatic carbocycles. The fraction of sp³-hybridized carbons (Fsp3) is 0.412. The summed E-state index contributed by atoms with van der Waals surface area (Å²) < 4.78 is 5.62. The zero-order valence-electron chi connectivity index (χ0n) is 13.8. The maximum atomic E-state index is 12.3. The molecular weight excluding hydrogens is 381 g/mol. The van der Waals surface area contributed by atoms with Crippen molar-refractivity contribution in [1.82, 2.24) is 4.98 Å². The number of amides is 1. The summed E-state index contributed by atoms with van der Waals surface area (Å²) in [6.45, 7) is 2.40. The summed E-state index contributed by atoms with van der Waals surface area (Å²) in [5.41, 5.74) is 7.62. The Kier molecular flexibility index (Phi) is 7.22. The molecule has 136 valence electrons. The Labute approximate surface area is 162 Å². The average Bonchev–Trinajstić information content (AvgIpc) is 3.15. The Balaban J connectivity index is 0.00000225. The molecule has 25 heavy (non-hydrogen) atoms. The van der Waals surface area contributed by atoms with Gasteiger partial charge in [-0.05, 0) is 37.5 Å². The number of carbonyl (C=O) groups is 1. The molecule has 0 unspecified atom stereocenters. The van der Waals surface area contributed by atoms with Gasteiger partial charge in [0.05, 0.1) is 11.8 Å². The van der Waals surface area contributed by atoms with Gasteiger partial charge in [-0.15, -0.1) is 23.7 Å². The second-order valence-electron chi connectivity index (χ2n) is 5.88. The van der Waals surface area contributed by atoms with Crippen LogP contribution in [-0.4, -0.2) is 29.6 Å². The van der Waals surface area contributed by atoms with Crippen LogP contribution in [0.3, 0.4) is 0 Å². The first-order chi connectivity index (χ1) is 11.5. The number of nitrogens with one attached hydrogen (secondary N) is 1. The molecule has 0 bridgehead atoms. The molecular formula is C17H21Cl2N3O2S. The minimum absolute atomic E-state index is 0. The number of carbonyl (C=O) groups excluding carboxylic acids is 1. The van der Waals surface area contributed by atoms with Crippen molar-refractivity contribution < 1.29 is 9.53 Å². The van der Waals surface area contributed by atoms with E-state index in [0.717, 1.165) is 34.0 Å². The molecule has 2 heterocycles. The van der Waals surface area contributed by atoms with E-state index in [9.17, 15) is 4.79 Å². The Morgan fingerprint density at radius 2 is 2.28 bits per heavy atom. The number of hydrogen-bond acceptors (Lipinski definition) is 5. The van der Waals surface area contributed by atoms with Gasteiger partial charge in [-0.1, -0.05) is 23.7 Å². The number of aromatic nitrogens is 1. The number of rotatable bonds is 5. The molecule has 1 saturated heterocycles. The molecule has 8 heteroatoms. The SMILES string of the molecule is Cc1nc(NC(=O)[C@@H]2CC[C@H](CN)O2)sc1Cc1cccc(Cl)c1.Cl. The largest absolute Gasteiger partial charge is 0.364 e. The summed E-state index contributed by atoms with van der Waals surface area (Å²) in [5.74, 6) is -0.144. The lowest BCUT2D eigenvalue weighted by atomic mass is 10.1. The predicted octanol–water partition coefficient (Wildman–Crippen LogP) is 3.56. The van der Waals surface area contributed by atoms with E-state index in [0.29, 0.717) is 18.1 Å². The summed E-state index contributed by atoms with van der Waals surface area (Å²) >= 11 is 7.52. The molecule has 3 N–H and O–H groups in total. The number of thiazole rings is 1. The Morgan fingerprint density at radius 1 is 1.48 bits per heavy atom. The van der Waals surface area contributed by atoms with E-state index in [1.54, 1.807) is 0 Å². The highest BCUT2D eigenvalue weighted by Gasteiger charge is 2.30. The Bertz CT molecular complexity index is 738. The first-order valence-electron chi connectivity index (χ1n) is 7.92. The monoisotopic (exact) mass is 401 g/mol. The van der Waals surface area contributed by atoms with Gasteiger partial charge in [0.15, 0.2) is 5.13 Å². The van der Waals surface area contributed by atoms with Gasteiger partial charge >= 0.3 is 0 Å². The molecule has 1 aromatic carbocycles. The Hall–Kier alpha value is -1.18. The summed E-state index contributed by atoms with van der Waals surface area (Å²) in [6, 6.07) is 7.76. The summed E-state index contributed by atoms with van der Waals surface area (Å²) in [7, 11) is 0. The van der Waals surface area contributed by atoms with E-state index in [4.69, 9.17) is 22.1 Å². The first-order valence-corrected chi connectivity index (χ1v) is 9.11. The van der Waals surface area contributed by atoms with Crippen LogP contribution in [0.25, 0.3) is 0 Å². The molecule has 3 rings (SSSR count). The topological polar surface area (TPSA) is 77.2 Å². The third-order valence-corrected chi connectivity index (χ3v) is 5.35. The molecule has 1 aliphatic rings. The van der Waals surface area contributed by atoms with Crippen LogP contribution in [0.4, 0.5) is 5.13 Å². The number of benzene rings is 1. The van der Waals surface area contributed by atoms with Gasteiger partial charge in [-0.3, -0.25) is 10.1 Å². The normalized spacial score (nSPS) is 19.5. The molecule has 0 spiro atoms. The van der Waals surface area contributed by atoms with Crippen LogP contribution in [0.2, 0.25) is 5.02 Å². The van der Waals surface area contributed by atoms with E-state index < -0.39 is 6.10 Å². The molecule has 1 aliphatic heterocycles.